The Kier molecular flexibility index (Phi) is 9.06. The van der Waals surface area contributed by atoms with Crippen LogP contribution < -0.4 is 4.74 Å². The third kappa shape index (κ3) is 6.94. The van der Waals surface area contributed by atoms with E-state index in [0.717, 1.165) is 24.1 Å². The zero-order valence-electron chi connectivity index (χ0n) is 16.0. The average Bonchev–Trinajstić information content (AvgIpc) is 3.22. The number of aromatic carboxylic acids is 1. The van der Waals surface area contributed by atoms with E-state index in [1.165, 1.54) is 11.3 Å². The number of alkyl halides is 1. The van der Waals surface area contributed by atoms with Crippen molar-refractivity contribution in [2.24, 2.45) is 11.8 Å². The van der Waals surface area contributed by atoms with E-state index in [4.69, 9.17) is 33.0 Å². The molecule has 1 aliphatic carbocycles. The molecule has 154 valence electrons. The zero-order valence-corrected chi connectivity index (χ0v) is 18.3. The largest absolute Gasteiger partial charge is 0.493 e. The van der Waals surface area contributed by atoms with Gasteiger partial charge in [-0.2, -0.15) is 0 Å². The number of carbonyl (C=O) groups is 1. The molecule has 7 heteroatoms. The lowest BCUT2D eigenvalue weighted by molar-refractivity contribution is 0.0702. The van der Waals surface area contributed by atoms with E-state index in [0.29, 0.717) is 33.7 Å². The van der Waals surface area contributed by atoms with Crippen LogP contribution in [-0.2, 0) is 6.42 Å². The fourth-order valence-electron chi connectivity index (χ4n) is 3.12. The number of carboxylic acid groups (broad SMARTS) is 1. The van der Waals surface area contributed by atoms with E-state index in [-0.39, 0.29) is 11.8 Å². The number of thiophene rings is 1. The van der Waals surface area contributed by atoms with E-state index in [2.05, 4.69) is 6.92 Å². The highest BCUT2D eigenvalue weighted by atomic mass is 35.5. The predicted octanol–water partition coefficient (Wildman–Crippen LogP) is 7.16. The molecule has 1 aliphatic rings. The molecule has 1 fully saturated rings. The van der Waals surface area contributed by atoms with Crippen molar-refractivity contribution in [3.8, 4) is 5.75 Å². The number of ether oxygens (including phenoxy) is 1. The molecule has 0 spiro atoms. The van der Waals surface area contributed by atoms with Gasteiger partial charge in [-0.1, -0.05) is 43.5 Å². The molecule has 3 atom stereocenters. The predicted molar refractivity (Wildman–Crippen MR) is 114 cm³/mol. The van der Waals surface area contributed by atoms with E-state index in [1.807, 2.05) is 13.0 Å². The Bertz CT molecular complexity index is 761. The van der Waals surface area contributed by atoms with Crippen LogP contribution in [-0.4, -0.2) is 23.9 Å². The second-order valence-electron chi connectivity index (χ2n) is 6.95. The molecular formula is C21H25Cl2FO3S. The van der Waals surface area contributed by atoms with Crippen LogP contribution in [0.4, 0.5) is 4.39 Å². The molecule has 1 aromatic heterocycles. The van der Waals surface area contributed by atoms with E-state index in [9.17, 15) is 9.18 Å². The molecule has 2 aromatic rings. The maximum atomic E-state index is 13.3. The first-order chi connectivity index (χ1) is 13.3. The summed E-state index contributed by atoms with van der Waals surface area (Å²) < 4.78 is 19.0. The Labute approximate surface area is 179 Å². The van der Waals surface area contributed by atoms with Crippen LogP contribution in [0.15, 0.2) is 30.3 Å². The molecule has 1 aromatic carbocycles. The van der Waals surface area contributed by atoms with Gasteiger partial charge in [-0.15, -0.1) is 11.3 Å². The molecule has 28 heavy (non-hydrogen) atoms. The number of hydrogen-bond donors (Lipinski definition) is 1. The van der Waals surface area contributed by atoms with E-state index < -0.39 is 12.1 Å². The first-order valence-electron chi connectivity index (χ1n) is 9.35. The summed E-state index contributed by atoms with van der Waals surface area (Å²) in [6.45, 7) is 4.55. The van der Waals surface area contributed by atoms with Crippen molar-refractivity contribution in [3.63, 3.8) is 0 Å². The van der Waals surface area contributed by atoms with Crippen molar-refractivity contribution in [1.82, 2.24) is 0 Å². The van der Waals surface area contributed by atoms with Gasteiger partial charge < -0.3 is 9.84 Å². The maximum Gasteiger partial charge on any atom is 0.345 e. The summed E-state index contributed by atoms with van der Waals surface area (Å²) in [5, 5.41) is 9.68. The highest BCUT2D eigenvalue weighted by Gasteiger charge is 2.33. The van der Waals surface area contributed by atoms with Crippen LogP contribution in [0.1, 0.15) is 47.7 Å². The molecule has 3 rings (SSSR count). The van der Waals surface area contributed by atoms with Crippen molar-refractivity contribution >= 4 is 40.5 Å². The minimum Gasteiger partial charge on any atom is -0.493 e. The van der Waals surface area contributed by atoms with Crippen LogP contribution in [0, 0.1) is 11.8 Å². The van der Waals surface area contributed by atoms with Crippen molar-refractivity contribution < 1.29 is 19.0 Å². The molecule has 1 heterocycles. The van der Waals surface area contributed by atoms with E-state index in [1.54, 1.807) is 24.3 Å². The Balaban J connectivity index is 0.000000221. The van der Waals surface area contributed by atoms with Crippen LogP contribution in [0.25, 0.3) is 0 Å². The standard InChI is InChI=1S/C13H15Cl2FO.C8H10O2S/c1-8-9(2-3-13(8)16)7-17-12-5-10(14)4-11(15)6-12;1-2-3-6-4-5-7(11-6)8(9)10/h4-6,8-9,13H,2-3,7H2,1H3;4-5H,2-3H2,1H3,(H,9,10). The van der Waals surface area contributed by atoms with Crippen molar-refractivity contribution in [2.45, 2.75) is 45.7 Å². The summed E-state index contributed by atoms with van der Waals surface area (Å²) in [5.41, 5.74) is 0. The van der Waals surface area contributed by atoms with Crippen LogP contribution in [0.2, 0.25) is 10.0 Å². The molecule has 0 bridgehead atoms. The molecule has 0 aliphatic heterocycles. The topological polar surface area (TPSA) is 46.5 Å². The Hall–Kier alpha value is -1.30. The second-order valence-corrected chi connectivity index (χ2v) is 8.99. The van der Waals surface area contributed by atoms with Gasteiger partial charge in [-0.25, -0.2) is 9.18 Å². The third-order valence-electron chi connectivity index (χ3n) is 4.80. The zero-order chi connectivity index (χ0) is 20.7. The number of hydrogen-bond acceptors (Lipinski definition) is 3. The fraction of sp³-hybridized carbons (Fsp3) is 0.476. The van der Waals surface area contributed by atoms with Gasteiger partial charge in [0.05, 0.1) is 6.61 Å². The lowest BCUT2D eigenvalue weighted by Gasteiger charge is -2.17. The van der Waals surface area contributed by atoms with Gasteiger partial charge in [0.1, 0.15) is 16.8 Å². The Morgan fingerprint density at radius 2 is 1.93 bits per heavy atom. The van der Waals surface area contributed by atoms with Gasteiger partial charge in [0.15, 0.2) is 0 Å². The summed E-state index contributed by atoms with van der Waals surface area (Å²) in [7, 11) is 0. The first kappa shape index (κ1) is 23.0. The summed E-state index contributed by atoms with van der Waals surface area (Å²) >= 11 is 13.1. The molecule has 3 nitrogen and oxygen atoms in total. The second kappa shape index (κ2) is 11.0. The lowest BCUT2D eigenvalue weighted by Crippen LogP contribution is -2.18. The monoisotopic (exact) mass is 446 g/mol. The molecule has 0 radical (unpaired) electrons. The Morgan fingerprint density at radius 3 is 2.43 bits per heavy atom. The first-order valence-corrected chi connectivity index (χ1v) is 10.9. The smallest absolute Gasteiger partial charge is 0.345 e. The van der Waals surface area contributed by atoms with Crippen molar-refractivity contribution in [2.75, 3.05) is 6.61 Å². The van der Waals surface area contributed by atoms with Crippen molar-refractivity contribution in [3.05, 3.63) is 50.1 Å². The molecule has 1 saturated carbocycles. The minimum atomic E-state index is -0.822. The van der Waals surface area contributed by atoms with Gasteiger partial charge in [-0.05, 0) is 61.4 Å². The molecule has 0 saturated heterocycles. The number of carboxylic acids is 1. The lowest BCUT2D eigenvalue weighted by atomic mass is 9.98. The summed E-state index contributed by atoms with van der Waals surface area (Å²) in [6, 6.07) is 8.65. The van der Waals surface area contributed by atoms with Gasteiger partial charge in [0, 0.05) is 14.9 Å². The summed E-state index contributed by atoms with van der Waals surface area (Å²) in [5.74, 6) is 0.182. The van der Waals surface area contributed by atoms with Crippen LogP contribution in [0.3, 0.4) is 0 Å². The average molecular weight is 447 g/mol. The maximum absolute atomic E-state index is 13.3. The quantitative estimate of drug-likeness (QED) is 0.511. The number of benzene rings is 1. The van der Waals surface area contributed by atoms with Gasteiger partial charge in [-0.3, -0.25) is 0 Å². The highest BCUT2D eigenvalue weighted by molar-refractivity contribution is 7.13. The number of aryl methyl sites for hydroxylation is 1. The molecule has 3 unspecified atom stereocenters. The Morgan fingerprint density at radius 1 is 1.25 bits per heavy atom. The number of rotatable bonds is 6. The number of halogens is 3. The van der Waals surface area contributed by atoms with Crippen LogP contribution in [0.5, 0.6) is 5.75 Å². The summed E-state index contributed by atoms with van der Waals surface area (Å²) in [6.07, 6.45) is 2.89. The highest BCUT2D eigenvalue weighted by Crippen LogP contribution is 2.34. The summed E-state index contributed by atoms with van der Waals surface area (Å²) in [4.78, 5) is 12.0. The SMILES string of the molecule is CC1C(F)CCC1COc1cc(Cl)cc(Cl)c1.CCCc1ccc(C(=O)O)s1. The van der Waals surface area contributed by atoms with Gasteiger partial charge in [0.25, 0.3) is 0 Å². The normalized spacial score (nSPS) is 21.1. The van der Waals surface area contributed by atoms with E-state index >= 15 is 0 Å². The molecular weight excluding hydrogens is 422 g/mol. The third-order valence-corrected chi connectivity index (χ3v) is 6.37. The van der Waals surface area contributed by atoms with Gasteiger partial charge >= 0.3 is 5.97 Å². The molecule has 1 N–H and O–H groups in total. The van der Waals surface area contributed by atoms with Crippen LogP contribution >= 0.6 is 34.5 Å². The van der Waals surface area contributed by atoms with Crippen molar-refractivity contribution in [1.29, 1.82) is 0 Å². The van der Waals surface area contributed by atoms with Gasteiger partial charge in [0.2, 0.25) is 0 Å². The fourth-order valence-corrected chi connectivity index (χ4v) is 4.57. The minimum absolute atomic E-state index is 0.0738. The molecule has 0 amide bonds.